The van der Waals surface area contributed by atoms with Gasteiger partial charge in [-0.25, -0.2) is 4.98 Å². The predicted octanol–water partition coefficient (Wildman–Crippen LogP) is 1.77. The zero-order valence-corrected chi connectivity index (χ0v) is 13.8. The van der Waals surface area contributed by atoms with E-state index in [0.29, 0.717) is 5.75 Å². The van der Waals surface area contributed by atoms with E-state index in [1.54, 1.807) is 19.2 Å². The van der Waals surface area contributed by atoms with Crippen molar-refractivity contribution in [1.82, 2.24) is 4.98 Å². The van der Waals surface area contributed by atoms with Crippen LogP contribution in [0.25, 0.3) is 11.1 Å². The van der Waals surface area contributed by atoms with E-state index in [1.807, 2.05) is 49.3 Å². The molecule has 0 spiro atoms. The van der Waals surface area contributed by atoms with E-state index in [2.05, 4.69) is 4.98 Å². The van der Waals surface area contributed by atoms with Crippen LogP contribution in [-0.2, 0) is 9.59 Å². The molecule has 1 aromatic heterocycles. The van der Waals surface area contributed by atoms with Crippen LogP contribution in [0.1, 0.15) is 6.92 Å². The Hall–Kier alpha value is -3.09. The maximum absolute atomic E-state index is 11.1. The molecule has 0 bridgehead atoms. The number of aromatic nitrogens is 1. The van der Waals surface area contributed by atoms with Crippen LogP contribution in [0.15, 0.2) is 42.6 Å². The van der Waals surface area contributed by atoms with E-state index in [0.717, 1.165) is 16.9 Å². The first-order valence-electron chi connectivity index (χ1n) is 7.17. The van der Waals surface area contributed by atoms with Gasteiger partial charge in [0.25, 0.3) is 12.4 Å². The fourth-order valence-corrected chi connectivity index (χ4v) is 1.98. The van der Waals surface area contributed by atoms with E-state index in [1.165, 1.54) is 0 Å². The minimum Gasteiger partial charge on any atom is -0.483 e. The molecule has 0 saturated heterocycles. The smallest absolute Gasteiger partial charge is 0.290 e. The molecule has 0 aliphatic rings. The molecule has 3 N–H and O–H groups in total. The van der Waals surface area contributed by atoms with Crippen LogP contribution >= 0.6 is 0 Å². The Balaban J connectivity index is 0.000000891. The fourth-order valence-electron chi connectivity index (χ4n) is 1.98. The van der Waals surface area contributed by atoms with Gasteiger partial charge in [0.1, 0.15) is 11.6 Å². The maximum atomic E-state index is 11.1. The Labute approximate surface area is 140 Å². The van der Waals surface area contributed by atoms with Gasteiger partial charge in [0.15, 0.2) is 6.10 Å². The van der Waals surface area contributed by atoms with Crippen molar-refractivity contribution < 1.29 is 19.4 Å². The van der Waals surface area contributed by atoms with Gasteiger partial charge in [-0.05, 0) is 36.8 Å². The van der Waals surface area contributed by atoms with Gasteiger partial charge in [-0.2, -0.15) is 0 Å². The monoisotopic (exact) mass is 331 g/mol. The zero-order chi connectivity index (χ0) is 18.1. The van der Waals surface area contributed by atoms with E-state index < -0.39 is 12.0 Å². The number of pyridine rings is 1. The molecule has 0 aliphatic carbocycles. The summed E-state index contributed by atoms with van der Waals surface area (Å²) >= 11 is 0. The van der Waals surface area contributed by atoms with Gasteiger partial charge in [-0.15, -0.1) is 0 Å². The average molecular weight is 331 g/mol. The third-order valence-electron chi connectivity index (χ3n) is 3.07. The van der Waals surface area contributed by atoms with Gasteiger partial charge in [-0.1, -0.05) is 12.1 Å². The number of amides is 1. The van der Waals surface area contributed by atoms with Crippen molar-refractivity contribution in [2.45, 2.75) is 13.0 Å². The summed E-state index contributed by atoms with van der Waals surface area (Å²) in [6, 6.07) is 11.4. The maximum Gasteiger partial charge on any atom is 0.290 e. The number of primary amides is 1. The second kappa shape index (κ2) is 9.14. The molecular weight excluding hydrogens is 310 g/mol. The highest BCUT2D eigenvalue weighted by Gasteiger charge is 2.12. The van der Waals surface area contributed by atoms with Crippen molar-refractivity contribution in [2.24, 2.45) is 5.73 Å². The Morgan fingerprint density at radius 1 is 1.33 bits per heavy atom. The Bertz CT molecular complexity index is 689. The van der Waals surface area contributed by atoms with Crippen molar-refractivity contribution in [3.8, 4) is 16.9 Å². The van der Waals surface area contributed by atoms with Gasteiger partial charge < -0.3 is 20.5 Å². The van der Waals surface area contributed by atoms with Crippen molar-refractivity contribution >= 4 is 18.2 Å². The van der Waals surface area contributed by atoms with Crippen LogP contribution in [0.4, 0.5) is 5.82 Å². The summed E-state index contributed by atoms with van der Waals surface area (Å²) < 4.78 is 5.53. The number of hydrogen-bond acceptors (Lipinski definition) is 5. The number of rotatable bonds is 5. The van der Waals surface area contributed by atoms with Gasteiger partial charge in [0.05, 0.1) is 0 Å². The summed E-state index contributed by atoms with van der Waals surface area (Å²) in [5.41, 5.74) is 7.19. The number of carbonyl (C=O) groups excluding carboxylic acids is 1. The molecule has 1 aromatic carbocycles. The number of nitrogens with two attached hydrogens (primary N) is 1. The van der Waals surface area contributed by atoms with Gasteiger partial charge in [-0.3, -0.25) is 9.59 Å². The highest BCUT2D eigenvalue weighted by molar-refractivity contribution is 5.79. The van der Waals surface area contributed by atoms with Crippen LogP contribution < -0.4 is 15.4 Å². The lowest BCUT2D eigenvalue weighted by Gasteiger charge is -2.17. The number of carboxylic acid groups (broad SMARTS) is 1. The fraction of sp³-hybridized carbons (Fsp3) is 0.235. The Kier molecular flexibility index (Phi) is 7.22. The van der Waals surface area contributed by atoms with E-state index in [9.17, 15) is 4.79 Å². The lowest BCUT2D eigenvalue weighted by molar-refractivity contribution is -0.124. The zero-order valence-electron chi connectivity index (χ0n) is 13.8. The summed E-state index contributed by atoms with van der Waals surface area (Å²) in [7, 11) is 3.89. The third kappa shape index (κ3) is 5.28. The number of nitrogens with zero attached hydrogens (tertiary/aromatic N) is 2. The molecule has 0 radical (unpaired) electrons. The molecule has 24 heavy (non-hydrogen) atoms. The number of ether oxygens (including phenoxy) is 1. The number of carbonyl (C=O) groups is 2. The van der Waals surface area contributed by atoms with Crippen molar-refractivity contribution in [3.05, 3.63) is 42.6 Å². The second-order valence-electron chi connectivity index (χ2n) is 5.06. The largest absolute Gasteiger partial charge is 0.483 e. The molecule has 0 saturated carbocycles. The highest BCUT2D eigenvalue weighted by Crippen LogP contribution is 2.30. The lowest BCUT2D eigenvalue weighted by atomic mass is 10.1. The molecule has 0 aliphatic heterocycles. The molecule has 1 atom stereocenters. The van der Waals surface area contributed by atoms with E-state index >= 15 is 0 Å². The van der Waals surface area contributed by atoms with E-state index in [-0.39, 0.29) is 6.47 Å². The minimum atomic E-state index is -0.664. The molecular formula is C17H21N3O4. The minimum absolute atomic E-state index is 0.250. The molecule has 128 valence electrons. The molecule has 1 unspecified atom stereocenters. The molecule has 2 rings (SSSR count). The summed E-state index contributed by atoms with van der Waals surface area (Å²) in [6.07, 6.45) is 1.09. The molecule has 0 fully saturated rings. The summed E-state index contributed by atoms with van der Waals surface area (Å²) in [5, 5.41) is 6.89. The Morgan fingerprint density at radius 2 is 2.00 bits per heavy atom. The molecule has 7 nitrogen and oxygen atoms in total. The Morgan fingerprint density at radius 3 is 2.58 bits per heavy atom. The molecule has 1 amide bonds. The SMILES string of the molecule is CC(Oc1cccc(-c2cccnc2N(C)C)c1)C(N)=O.O=CO. The number of hydrogen-bond donors (Lipinski definition) is 2. The number of anilines is 1. The summed E-state index contributed by atoms with van der Waals surface area (Å²) in [5.74, 6) is 0.987. The van der Waals surface area contributed by atoms with Gasteiger partial charge in [0.2, 0.25) is 0 Å². The van der Waals surface area contributed by atoms with Crippen LogP contribution in [-0.4, -0.2) is 42.7 Å². The van der Waals surface area contributed by atoms with E-state index in [4.69, 9.17) is 20.4 Å². The average Bonchev–Trinajstić information content (AvgIpc) is 2.55. The van der Waals surface area contributed by atoms with Crippen LogP contribution in [0.2, 0.25) is 0 Å². The standard InChI is InChI=1S/C16H19N3O2.CH2O2/c1-11(15(17)20)21-13-7-4-6-12(10-13)14-8-5-9-18-16(14)19(2)3;2-1-3/h4-11H,1-3H3,(H2,17,20);1H,(H,2,3). The highest BCUT2D eigenvalue weighted by atomic mass is 16.5. The normalized spacial score (nSPS) is 10.8. The first kappa shape index (κ1) is 19.0. The topological polar surface area (TPSA) is 106 Å². The molecule has 7 heteroatoms. The van der Waals surface area contributed by atoms with Crippen molar-refractivity contribution in [2.75, 3.05) is 19.0 Å². The predicted molar refractivity (Wildman–Crippen MR) is 92.0 cm³/mol. The van der Waals surface area contributed by atoms with Gasteiger partial charge >= 0.3 is 0 Å². The lowest BCUT2D eigenvalue weighted by Crippen LogP contribution is -2.30. The third-order valence-corrected chi connectivity index (χ3v) is 3.07. The van der Waals surface area contributed by atoms with Crippen LogP contribution in [0, 0.1) is 0 Å². The molecule has 2 aromatic rings. The van der Waals surface area contributed by atoms with Crippen molar-refractivity contribution in [3.63, 3.8) is 0 Å². The summed E-state index contributed by atoms with van der Waals surface area (Å²) in [4.78, 5) is 25.8. The van der Waals surface area contributed by atoms with Crippen LogP contribution in [0.3, 0.4) is 0 Å². The van der Waals surface area contributed by atoms with Crippen molar-refractivity contribution in [1.29, 1.82) is 0 Å². The first-order chi connectivity index (χ1) is 11.4. The number of benzene rings is 1. The van der Waals surface area contributed by atoms with Gasteiger partial charge in [0, 0.05) is 25.9 Å². The second-order valence-corrected chi connectivity index (χ2v) is 5.06. The molecule has 1 heterocycles. The first-order valence-corrected chi connectivity index (χ1v) is 7.17. The summed E-state index contributed by atoms with van der Waals surface area (Å²) in [6.45, 7) is 1.38. The van der Waals surface area contributed by atoms with Crippen LogP contribution in [0.5, 0.6) is 5.75 Å². The quantitative estimate of drug-likeness (QED) is 0.809.